The number of aliphatic imine (C=N–C) groups is 1. The van der Waals surface area contributed by atoms with Gasteiger partial charge in [0.1, 0.15) is 0 Å². The minimum atomic E-state index is -0.603. The van der Waals surface area contributed by atoms with Crippen LogP contribution in [-0.4, -0.2) is 62.2 Å². The molecular weight excluding hydrogens is 425 g/mol. The summed E-state index contributed by atoms with van der Waals surface area (Å²) in [7, 11) is 1.60. The van der Waals surface area contributed by atoms with Crippen LogP contribution >= 0.6 is 24.0 Å². The third kappa shape index (κ3) is 7.10. The lowest BCUT2D eigenvalue weighted by molar-refractivity contribution is -0.128. The fourth-order valence-corrected chi connectivity index (χ4v) is 2.37. The summed E-state index contributed by atoms with van der Waals surface area (Å²) in [5.74, 6) is 0.258. The number of guanidine groups is 1. The molecule has 0 bridgehead atoms. The first-order chi connectivity index (χ1) is 10.8. The largest absolute Gasteiger partial charge is 0.450 e. The van der Waals surface area contributed by atoms with Crippen molar-refractivity contribution >= 4 is 41.9 Å². The number of hydrogen-bond donors (Lipinski definition) is 3. The van der Waals surface area contributed by atoms with E-state index in [-0.39, 0.29) is 42.0 Å². The van der Waals surface area contributed by atoms with Gasteiger partial charge in [-0.05, 0) is 33.6 Å². The molecule has 24 heavy (non-hydrogen) atoms. The van der Waals surface area contributed by atoms with Gasteiger partial charge in [0.05, 0.1) is 18.6 Å². The number of carbonyl (C=O) groups excluding carboxylic acids is 2. The van der Waals surface area contributed by atoms with Crippen LogP contribution in [0.5, 0.6) is 0 Å². The molecule has 0 aromatic heterocycles. The van der Waals surface area contributed by atoms with Gasteiger partial charge < -0.3 is 26.0 Å². The van der Waals surface area contributed by atoms with E-state index in [4.69, 9.17) is 10.5 Å². The van der Waals surface area contributed by atoms with Crippen LogP contribution in [0.25, 0.3) is 0 Å². The molecule has 0 aromatic rings. The number of nitrogens with one attached hydrogen (secondary N) is 2. The Bertz CT molecular complexity index is 448. The van der Waals surface area contributed by atoms with E-state index in [9.17, 15) is 9.59 Å². The first-order valence-electron chi connectivity index (χ1n) is 8.00. The molecule has 1 heterocycles. The van der Waals surface area contributed by atoms with Crippen LogP contribution in [0.3, 0.4) is 0 Å². The van der Waals surface area contributed by atoms with Gasteiger partial charge in [0.25, 0.3) is 0 Å². The number of ether oxygens (including phenoxy) is 1. The Labute approximate surface area is 161 Å². The molecule has 9 heteroatoms. The highest BCUT2D eigenvalue weighted by Crippen LogP contribution is 2.15. The second-order valence-corrected chi connectivity index (χ2v) is 6.27. The van der Waals surface area contributed by atoms with Crippen molar-refractivity contribution in [3.63, 3.8) is 0 Å². The summed E-state index contributed by atoms with van der Waals surface area (Å²) in [6.07, 6.45) is 1.31. The second-order valence-electron chi connectivity index (χ2n) is 6.27. The van der Waals surface area contributed by atoms with Crippen LogP contribution in [0.15, 0.2) is 4.99 Å². The summed E-state index contributed by atoms with van der Waals surface area (Å²) < 4.78 is 4.99. The molecule has 140 valence electrons. The number of carbonyl (C=O) groups is 2. The molecule has 0 aliphatic carbocycles. The van der Waals surface area contributed by atoms with Crippen molar-refractivity contribution in [2.45, 2.75) is 39.7 Å². The van der Waals surface area contributed by atoms with E-state index in [1.165, 1.54) is 0 Å². The van der Waals surface area contributed by atoms with Crippen LogP contribution in [0.4, 0.5) is 4.79 Å². The Balaban J connectivity index is 0.00000529. The fourth-order valence-electron chi connectivity index (χ4n) is 2.37. The molecule has 1 aliphatic rings. The van der Waals surface area contributed by atoms with E-state index >= 15 is 0 Å². The second kappa shape index (κ2) is 10.6. The van der Waals surface area contributed by atoms with Crippen LogP contribution < -0.4 is 16.4 Å². The van der Waals surface area contributed by atoms with Gasteiger partial charge >= 0.3 is 6.09 Å². The van der Waals surface area contributed by atoms with Crippen LogP contribution in [0, 0.1) is 5.41 Å². The Morgan fingerprint density at radius 1 is 1.33 bits per heavy atom. The summed E-state index contributed by atoms with van der Waals surface area (Å²) in [5, 5.41) is 5.77. The Kier molecular flexibility index (Phi) is 10.0. The summed E-state index contributed by atoms with van der Waals surface area (Å²) in [5.41, 5.74) is 5.29. The minimum absolute atomic E-state index is 0. The summed E-state index contributed by atoms with van der Waals surface area (Å²) in [4.78, 5) is 29.3. The summed E-state index contributed by atoms with van der Waals surface area (Å²) in [6.45, 7) is 7.40. The highest BCUT2D eigenvalue weighted by atomic mass is 127. The predicted octanol–water partition coefficient (Wildman–Crippen LogP) is 0.902. The van der Waals surface area contributed by atoms with Crippen LogP contribution in [0.1, 0.15) is 33.6 Å². The summed E-state index contributed by atoms with van der Waals surface area (Å²) >= 11 is 0. The van der Waals surface area contributed by atoms with Crippen molar-refractivity contribution in [1.29, 1.82) is 0 Å². The lowest BCUT2D eigenvalue weighted by Gasteiger charge is -2.32. The predicted molar refractivity (Wildman–Crippen MR) is 105 cm³/mol. The van der Waals surface area contributed by atoms with Gasteiger partial charge in [-0.3, -0.25) is 9.79 Å². The molecule has 8 nitrogen and oxygen atoms in total. The van der Waals surface area contributed by atoms with Crippen molar-refractivity contribution in [2.75, 3.05) is 33.3 Å². The van der Waals surface area contributed by atoms with Crippen molar-refractivity contribution < 1.29 is 14.3 Å². The summed E-state index contributed by atoms with van der Waals surface area (Å²) in [6, 6.07) is 0.174. The normalized spacial score (nSPS) is 16.2. The average Bonchev–Trinajstić information content (AvgIpc) is 2.53. The first kappa shape index (κ1) is 22.7. The maximum atomic E-state index is 11.7. The molecule has 0 spiro atoms. The highest BCUT2D eigenvalue weighted by molar-refractivity contribution is 14.0. The van der Waals surface area contributed by atoms with Gasteiger partial charge in [-0.2, -0.15) is 0 Å². The first-order valence-corrected chi connectivity index (χ1v) is 8.00. The van der Waals surface area contributed by atoms with E-state index in [1.54, 1.807) is 18.9 Å². The van der Waals surface area contributed by atoms with Gasteiger partial charge in [0.2, 0.25) is 5.91 Å². The maximum absolute atomic E-state index is 11.7. The zero-order chi connectivity index (χ0) is 17.5. The Morgan fingerprint density at radius 2 is 1.92 bits per heavy atom. The monoisotopic (exact) mass is 455 g/mol. The molecule has 0 saturated carbocycles. The molecule has 0 radical (unpaired) electrons. The average molecular weight is 455 g/mol. The maximum Gasteiger partial charge on any atom is 0.409 e. The van der Waals surface area contributed by atoms with Gasteiger partial charge in [-0.15, -0.1) is 24.0 Å². The van der Waals surface area contributed by atoms with E-state index in [1.807, 2.05) is 13.8 Å². The van der Waals surface area contributed by atoms with Crippen molar-refractivity contribution in [3.05, 3.63) is 0 Å². The number of hydrogen-bond acceptors (Lipinski definition) is 4. The number of amides is 2. The number of likely N-dealkylation sites (tertiary alicyclic amines) is 1. The smallest absolute Gasteiger partial charge is 0.409 e. The molecule has 1 saturated heterocycles. The SMILES string of the molecule is CCOC(=O)N1CCC(NC(N)=NCC(C)(C)C(=O)NC)CC1.I. The standard InChI is InChI=1S/C15H29N5O3.HI/c1-5-23-14(22)20-8-6-11(7-9-20)19-13(16)18-10-15(2,3)12(21)17-4;/h11H,5-10H2,1-4H3,(H,17,21)(H3,16,18,19);1H. The molecule has 2 amide bonds. The van der Waals surface area contributed by atoms with E-state index in [0.29, 0.717) is 32.2 Å². The number of rotatable bonds is 5. The molecule has 1 rings (SSSR count). The van der Waals surface area contributed by atoms with Crippen molar-refractivity contribution in [2.24, 2.45) is 16.1 Å². The third-order valence-corrected chi connectivity index (χ3v) is 3.86. The van der Waals surface area contributed by atoms with Crippen molar-refractivity contribution in [3.8, 4) is 0 Å². The molecule has 0 atom stereocenters. The molecule has 0 unspecified atom stereocenters. The van der Waals surface area contributed by atoms with Gasteiger partial charge in [-0.1, -0.05) is 0 Å². The molecule has 0 aromatic carbocycles. The number of nitrogens with zero attached hydrogens (tertiary/aromatic N) is 2. The highest BCUT2D eigenvalue weighted by Gasteiger charge is 2.27. The topological polar surface area (TPSA) is 109 Å². The fraction of sp³-hybridized carbons (Fsp3) is 0.800. The van der Waals surface area contributed by atoms with Crippen LogP contribution in [-0.2, 0) is 9.53 Å². The van der Waals surface area contributed by atoms with E-state index in [0.717, 1.165) is 12.8 Å². The van der Waals surface area contributed by atoms with Crippen molar-refractivity contribution in [1.82, 2.24) is 15.5 Å². The minimum Gasteiger partial charge on any atom is -0.450 e. The lowest BCUT2D eigenvalue weighted by Crippen LogP contribution is -2.49. The molecular formula is C15H30IN5O3. The van der Waals surface area contributed by atoms with E-state index in [2.05, 4.69) is 15.6 Å². The quantitative estimate of drug-likeness (QED) is 0.324. The molecule has 1 aliphatic heterocycles. The number of piperidine rings is 1. The third-order valence-electron chi connectivity index (χ3n) is 3.86. The number of nitrogens with two attached hydrogens (primary N) is 1. The van der Waals surface area contributed by atoms with Gasteiger partial charge in [-0.25, -0.2) is 4.79 Å². The Morgan fingerprint density at radius 3 is 2.42 bits per heavy atom. The molecule has 4 N–H and O–H groups in total. The molecule has 1 fully saturated rings. The zero-order valence-corrected chi connectivity index (χ0v) is 17.3. The van der Waals surface area contributed by atoms with Gasteiger partial charge in [0.15, 0.2) is 5.96 Å². The zero-order valence-electron chi connectivity index (χ0n) is 14.9. The van der Waals surface area contributed by atoms with E-state index < -0.39 is 5.41 Å². The number of halogens is 1. The lowest BCUT2D eigenvalue weighted by atomic mass is 9.93. The van der Waals surface area contributed by atoms with Crippen LogP contribution in [0.2, 0.25) is 0 Å². The van der Waals surface area contributed by atoms with Gasteiger partial charge in [0, 0.05) is 26.2 Å². The Hall–Kier alpha value is -1.26.